The number of hydrogen-bond donors (Lipinski definition) is 1. The molecule has 0 saturated carbocycles. The van der Waals surface area contributed by atoms with Crippen molar-refractivity contribution in [3.63, 3.8) is 0 Å². The topological polar surface area (TPSA) is 29.3 Å². The minimum Gasteiger partial charge on any atom is -0.328 e. The Bertz CT molecular complexity index is 573. The van der Waals surface area contributed by atoms with Crippen LogP contribution in [0.5, 0.6) is 0 Å². The second-order valence-corrected chi connectivity index (χ2v) is 6.15. The number of aryl methyl sites for hydroxylation is 1. The summed E-state index contributed by atoms with van der Waals surface area (Å²) in [6.07, 6.45) is 2.08. The second-order valence-electron chi connectivity index (χ2n) is 6.15. The van der Waals surface area contributed by atoms with Gasteiger partial charge in [0.05, 0.1) is 0 Å². The van der Waals surface area contributed by atoms with Crippen molar-refractivity contribution in [1.29, 1.82) is 0 Å². The molecule has 0 aliphatic carbocycles. The Morgan fingerprint density at radius 2 is 1.52 bits per heavy atom. The van der Waals surface area contributed by atoms with Crippen molar-refractivity contribution < 1.29 is 0 Å². The van der Waals surface area contributed by atoms with E-state index in [1.54, 1.807) is 0 Å². The molecule has 0 aromatic heterocycles. The van der Waals surface area contributed by atoms with Gasteiger partial charge in [0.1, 0.15) is 0 Å². The Labute approximate surface area is 128 Å². The first kappa shape index (κ1) is 15.7. The van der Waals surface area contributed by atoms with Crippen LogP contribution in [0.2, 0.25) is 0 Å². The molecule has 1 unspecified atom stereocenters. The van der Waals surface area contributed by atoms with E-state index in [0.717, 1.165) is 19.4 Å². The lowest BCUT2D eigenvalue weighted by molar-refractivity contribution is 0.402. The first-order valence-electron chi connectivity index (χ1n) is 7.63. The molecule has 2 heteroatoms. The fourth-order valence-corrected chi connectivity index (χ4v) is 2.52. The molecule has 0 heterocycles. The number of nitrogens with two attached hydrogens (primary N) is 1. The molecular weight excluding hydrogens is 256 g/mol. The lowest BCUT2D eigenvalue weighted by Gasteiger charge is -2.12. The highest BCUT2D eigenvalue weighted by molar-refractivity contribution is 5.64. The Hall–Kier alpha value is -1.64. The van der Waals surface area contributed by atoms with Crippen LogP contribution < -0.4 is 5.73 Å². The number of hydrogen-bond acceptors (Lipinski definition) is 2. The van der Waals surface area contributed by atoms with Crippen LogP contribution in [0.3, 0.4) is 0 Å². The van der Waals surface area contributed by atoms with Crippen LogP contribution in [0.15, 0.2) is 48.5 Å². The van der Waals surface area contributed by atoms with Crippen LogP contribution in [-0.4, -0.2) is 25.0 Å². The molecule has 2 aromatic carbocycles. The molecule has 0 aliphatic heterocycles. The van der Waals surface area contributed by atoms with E-state index in [4.69, 9.17) is 5.73 Å². The van der Waals surface area contributed by atoms with Crippen LogP contribution in [0.4, 0.5) is 0 Å². The zero-order valence-electron chi connectivity index (χ0n) is 13.3. The Kier molecular flexibility index (Phi) is 5.54. The van der Waals surface area contributed by atoms with E-state index in [9.17, 15) is 0 Å². The van der Waals surface area contributed by atoms with Crippen LogP contribution in [0.1, 0.15) is 24.5 Å². The summed E-state index contributed by atoms with van der Waals surface area (Å²) >= 11 is 0. The molecule has 0 amide bonds. The summed E-state index contributed by atoms with van der Waals surface area (Å²) in [5.74, 6) is 0. The predicted molar refractivity (Wildman–Crippen MR) is 91.2 cm³/mol. The van der Waals surface area contributed by atoms with Crippen molar-refractivity contribution in [2.75, 3.05) is 14.1 Å². The fourth-order valence-electron chi connectivity index (χ4n) is 2.52. The maximum absolute atomic E-state index is 5.85. The summed E-state index contributed by atoms with van der Waals surface area (Å²) in [5.41, 5.74) is 11.1. The van der Waals surface area contributed by atoms with Gasteiger partial charge in [-0.1, -0.05) is 42.5 Å². The highest BCUT2D eigenvalue weighted by Crippen LogP contribution is 2.22. The Balaban J connectivity index is 2.19. The molecule has 0 radical (unpaired) electrons. The highest BCUT2D eigenvalue weighted by Gasteiger charge is 2.03. The van der Waals surface area contributed by atoms with Gasteiger partial charge in [-0.2, -0.15) is 0 Å². The van der Waals surface area contributed by atoms with Gasteiger partial charge in [0.25, 0.3) is 0 Å². The lowest BCUT2D eigenvalue weighted by Crippen LogP contribution is -2.15. The largest absolute Gasteiger partial charge is 0.328 e. The standard InChI is InChI=1S/C19H26N2/c1-15(20)10-11-16-6-4-8-18(12-16)19-9-5-7-17(13-19)14-21(2)3/h4-9,12-13,15H,10-11,14,20H2,1-3H3. The van der Waals surface area contributed by atoms with Crippen LogP contribution in [0.25, 0.3) is 11.1 Å². The average Bonchev–Trinajstić information content (AvgIpc) is 2.45. The summed E-state index contributed by atoms with van der Waals surface area (Å²) in [4.78, 5) is 2.19. The van der Waals surface area contributed by atoms with Crippen LogP contribution >= 0.6 is 0 Å². The van der Waals surface area contributed by atoms with Crippen molar-refractivity contribution in [2.24, 2.45) is 5.73 Å². The molecule has 0 bridgehead atoms. The smallest absolute Gasteiger partial charge is 0.0227 e. The molecule has 112 valence electrons. The highest BCUT2D eigenvalue weighted by atomic mass is 15.0. The van der Waals surface area contributed by atoms with Gasteiger partial charge in [-0.05, 0) is 62.2 Å². The Morgan fingerprint density at radius 1 is 0.952 bits per heavy atom. The summed E-state index contributed by atoms with van der Waals surface area (Å²) in [6, 6.07) is 17.9. The average molecular weight is 282 g/mol. The zero-order valence-corrected chi connectivity index (χ0v) is 13.3. The molecule has 2 nitrogen and oxygen atoms in total. The van der Waals surface area contributed by atoms with E-state index in [0.29, 0.717) is 0 Å². The van der Waals surface area contributed by atoms with Crippen LogP contribution in [0, 0.1) is 0 Å². The summed E-state index contributed by atoms with van der Waals surface area (Å²) in [6.45, 7) is 3.03. The van der Waals surface area contributed by atoms with Gasteiger partial charge in [-0.25, -0.2) is 0 Å². The third-order valence-corrected chi connectivity index (χ3v) is 3.57. The van der Waals surface area contributed by atoms with Gasteiger partial charge in [0, 0.05) is 12.6 Å². The molecule has 0 saturated heterocycles. The molecule has 21 heavy (non-hydrogen) atoms. The molecule has 0 spiro atoms. The fraction of sp³-hybridized carbons (Fsp3) is 0.368. The number of rotatable bonds is 6. The van der Waals surface area contributed by atoms with Crippen molar-refractivity contribution in [3.05, 3.63) is 59.7 Å². The number of benzene rings is 2. The normalized spacial score (nSPS) is 12.6. The van der Waals surface area contributed by atoms with Gasteiger partial charge in [-0.15, -0.1) is 0 Å². The zero-order chi connectivity index (χ0) is 15.2. The monoisotopic (exact) mass is 282 g/mol. The molecule has 1 atom stereocenters. The maximum atomic E-state index is 5.85. The summed E-state index contributed by atoms with van der Waals surface area (Å²) in [5, 5.41) is 0. The van der Waals surface area contributed by atoms with E-state index in [1.165, 1.54) is 22.3 Å². The molecule has 2 rings (SSSR count). The minimum atomic E-state index is 0.261. The van der Waals surface area contributed by atoms with Crippen molar-refractivity contribution in [3.8, 4) is 11.1 Å². The first-order valence-corrected chi connectivity index (χ1v) is 7.63. The van der Waals surface area contributed by atoms with Gasteiger partial charge in [0.2, 0.25) is 0 Å². The van der Waals surface area contributed by atoms with E-state index in [-0.39, 0.29) is 6.04 Å². The van der Waals surface area contributed by atoms with Gasteiger partial charge >= 0.3 is 0 Å². The van der Waals surface area contributed by atoms with Gasteiger partial charge in [-0.3, -0.25) is 0 Å². The third-order valence-electron chi connectivity index (χ3n) is 3.57. The SMILES string of the molecule is CC(N)CCc1cccc(-c2cccc(CN(C)C)c2)c1. The van der Waals surface area contributed by atoms with Crippen molar-refractivity contribution >= 4 is 0 Å². The molecule has 2 aromatic rings. The van der Waals surface area contributed by atoms with E-state index in [1.807, 2.05) is 0 Å². The first-order chi connectivity index (χ1) is 10.0. The van der Waals surface area contributed by atoms with E-state index in [2.05, 4.69) is 74.4 Å². The molecular formula is C19H26N2. The molecule has 0 fully saturated rings. The van der Waals surface area contributed by atoms with E-state index < -0.39 is 0 Å². The van der Waals surface area contributed by atoms with Gasteiger partial charge < -0.3 is 10.6 Å². The van der Waals surface area contributed by atoms with E-state index >= 15 is 0 Å². The Morgan fingerprint density at radius 3 is 2.10 bits per heavy atom. The lowest BCUT2D eigenvalue weighted by atomic mass is 9.98. The van der Waals surface area contributed by atoms with Crippen molar-refractivity contribution in [2.45, 2.75) is 32.4 Å². The van der Waals surface area contributed by atoms with Crippen molar-refractivity contribution in [1.82, 2.24) is 4.90 Å². The third kappa shape index (κ3) is 5.00. The molecule has 0 aliphatic rings. The van der Waals surface area contributed by atoms with Crippen LogP contribution in [-0.2, 0) is 13.0 Å². The van der Waals surface area contributed by atoms with Gasteiger partial charge in [0.15, 0.2) is 0 Å². The second kappa shape index (κ2) is 7.39. The summed E-state index contributed by atoms with van der Waals surface area (Å²) in [7, 11) is 4.20. The minimum absolute atomic E-state index is 0.261. The molecule has 2 N–H and O–H groups in total. The maximum Gasteiger partial charge on any atom is 0.0227 e. The summed E-state index contributed by atoms with van der Waals surface area (Å²) < 4.78 is 0. The number of nitrogens with zero attached hydrogens (tertiary/aromatic N) is 1. The predicted octanol–water partition coefficient (Wildman–Crippen LogP) is 3.70. The quantitative estimate of drug-likeness (QED) is 0.875.